The van der Waals surface area contributed by atoms with Crippen molar-refractivity contribution in [3.05, 3.63) is 77.4 Å². The Morgan fingerprint density at radius 2 is 1.55 bits per heavy atom. The van der Waals surface area contributed by atoms with Crippen molar-refractivity contribution in [2.45, 2.75) is 25.2 Å². The van der Waals surface area contributed by atoms with Crippen LogP contribution in [-0.4, -0.2) is 5.78 Å². The summed E-state index contributed by atoms with van der Waals surface area (Å²) in [6, 6.07) is 20.2. The van der Waals surface area contributed by atoms with Crippen LogP contribution in [-0.2, 0) is 10.2 Å². The van der Waals surface area contributed by atoms with Crippen LogP contribution in [0, 0.1) is 0 Å². The second-order valence-electron chi connectivity index (χ2n) is 5.61. The van der Waals surface area contributed by atoms with E-state index < -0.39 is 0 Å². The summed E-state index contributed by atoms with van der Waals surface area (Å²) in [5.41, 5.74) is 2.82. The lowest BCUT2D eigenvalue weighted by Crippen LogP contribution is -2.27. The largest absolute Gasteiger partial charge is 0.294 e. The van der Waals surface area contributed by atoms with Crippen LogP contribution in [0.2, 0.25) is 0 Å². The van der Waals surface area contributed by atoms with Gasteiger partial charge in [-0.25, -0.2) is 0 Å². The number of hydrogen-bond acceptors (Lipinski definition) is 1. The Morgan fingerprint density at radius 1 is 0.950 bits per heavy atom. The monoisotopic (exact) mass is 262 g/mol. The van der Waals surface area contributed by atoms with Gasteiger partial charge in [-0.15, -0.1) is 0 Å². The standard InChI is InChI=1S/C19H18O/c1-19(17-10-6-3-7-11-17)13-12-16(18(19)20)14-15-8-4-2-5-9-15/h2-11,14H,12-13H2,1H3/b16-14+. The van der Waals surface area contributed by atoms with Crippen LogP contribution in [0.15, 0.2) is 66.2 Å². The maximum absolute atomic E-state index is 12.8. The molecule has 0 aromatic heterocycles. The van der Waals surface area contributed by atoms with E-state index in [1.54, 1.807) is 0 Å². The van der Waals surface area contributed by atoms with Gasteiger partial charge >= 0.3 is 0 Å². The van der Waals surface area contributed by atoms with E-state index in [0.717, 1.165) is 29.5 Å². The van der Waals surface area contributed by atoms with Gasteiger partial charge in [0.1, 0.15) is 0 Å². The Hall–Kier alpha value is -2.15. The Bertz CT molecular complexity index is 640. The highest BCUT2D eigenvalue weighted by atomic mass is 16.1. The molecule has 0 spiro atoms. The van der Waals surface area contributed by atoms with Gasteiger partial charge in [-0.2, -0.15) is 0 Å². The maximum atomic E-state index is 12.8. The van der Waals surface area contributed by atoms with Crippen LogP contribution in [0.1, 0.15) is 30.9 Å². The van der Waals surface area contributed by atoms with Gasteiger partial charge in [0.25, 0.3) is 0 Å². The Kier molecular flexibility index (Phi) is 3.27. The fraction of sp³-hybridized carbons (Fsp3) is 0.211. The highest BCUT2D eigenvalue weighted by Crippen LogP contribution is 2.41. The van der Waals surface area contributed by atoms with Gasteiger partial charge in [-0.3, -0.25) is 4.79 Å². The van der Waals surface area contributed by atoms with Gasteiger partial charge < -0.3 is 0 Å². The van der Waals surface area contributed by atoms with E-state index >= 15 is 0 Å². The summed E-state index contributed by atoms with van der Waals surface area (Å²) in [6.45, 7) is 2.07. The summed E-state index contributed by atoms with van der Waals surface area (Å²) >= 11 is 0. The van der Waals surface area contributed by atoms with Crippen molar-refractivity contribution in [1.82, 2.24) is 0 Å². The predicted molar refractivity (Wildman–Crippen MR) is 82.5 cm³/mol. The van der Waals surface area contributed by atoms with E-state index in [9.17, 15) is 4.79 Å². The SMILES string of the molecule is CC1(c2ccccc2)CC/C(=C\c2ccccc2)C1=O. The Labute approximate surface area is 120 Å². The molecule has 20 heavy (non-hydrogen) atoms. The van der Waals surface area contributed by atoms with Gasteiger partial charge in [0.15, 0.2) is 5.78 Å². The topological polar surface area (TPSA) is 17.1 Å². The van der Waals surface area contributed by atoms with E-state index in [2.05, 4.69) is 19.1 Å². The first-order valence-electron chi connectivity index (χ1n) is 7.06. The highest BCUT2D eigenvalue weighted by Gasteiger charge is 2.41. The molecule has 3 rings (SSSR count). The van der Waals surface area contributed by atoms with E-state index in [1.807, 2.05) is 54.6 Å². The molecule has 1 aliphatic rings. The van der Waals surface area contributed by atoms with Crippen molar-refractivity contribution in [3.8, 4) is 0 Å². The molecule has 1 saturated carbocycles. The van der Waals surface area contributed by atoms with Crippen LogP contribution in [0.25, 0.3) is 6.08 Å². The molecule has 100 valence electrons. The molecule has 1 heteroatoms. The van der Waals surface area contributed by atoms with E-state index in [0.29, 0.717) is 0 Å². The second kappa shape index (κ2) is 5.09. The first kappa shape index (κ1) is 12.9. The van der Waals surface area contributed by atoms with Crippen molar-refractivity contribution < 1.29 is 4.79 Å². The number of carbonyl (C=O) groups excluding carboxylic acids is 1. The lowest BCUT2D eigenvalue weighted by molar-refractivity contribution is -0.118. The lowest BCUT2D eigenvalue weighted by Gasteiger charge is -2.22. The zero-order valence-electron chi connectivity index (χ0n) is 11.7. The molecule has 0 bridgehead atoms. The summed E-state index contributed by atoms with van der Waals surface area (Å²) in [4.78, 5) is 12.8. The van der Waals surface area contributed by atoms with Crippen LogP contribution in [0.5, 0.6) is 0 Å². The van der Waals surface area contributed by atoms with Crippen molar-refractivity contribution in [2.75, 3.05) is 0 Å². The average Bonchev–Trinajstić information content (AvgIpc) is 2.79. The molecule has 1 nitrogen and oxygen atoms in total. The summed E-state index contributed by atoms with van der Waals surface area (Å²) < 4.78 is 0. The zero-order chi connectivity index (χ0) is 14.0. The molecule has 0 heterocycles. The van der Waals surface area contributed by atoms with Crippen LogP contribution in [0.3, 0.4) is 0 Å². The quantitative estimate of drug-likeness (QED) is 0.733. The molecule has 0 amide bonds. The average molecular weight is 262 g/mol. The van der Waals surface area contributed by atoms with E-state index in [4.69, 9.17) is 0 Å². The number of allylic oxidation sites excluding steroid dienone is 1. The first-order valence-corrected chi connectivity index (χ1v) is 7.06. The summed E-state index contributed by atoms with van der Waals surface area (Å²) in [5, 5.41) is 0. The van der Waals surface area contributed by atoms with Gasteiger partial charge in [-0.1, -0.05) is 60.7 Å². The Morgan fingerprint density at radius 3 is 2.20 bits per heavy atom. The molecule has 0 saturated heterocycles. The van der Waals surface area contributed by atoms with Crippen molar-refractivity contribution in [3.63, 3.8) is 0 Å². The van der Waals surface area contributed by atoms with Crippen LogP contribution < -0.4 is 0 Å². The molecule has 1 fully saturated rings. The number of carbonyl (C=O) groups is 1. The molecule has 1 atom stereocenters. The molecule has 2 aromatic carbocycles. The molecule has 0 N–H and O–H groups in total. The van der Waals surface area contributed by atoms with E-state index in [1.165, 1.54) is 0 Å². The van der Waals surface area contributed by atoms with Gasteiger partial charge in [0, 0.05) is 0 Å². The fourth-order valence-electron chi connectivity index (χ4n) is 2.94. The third-order valence-electron chi connectivity index (χ3n) is 4.24. The molecular formula is C19H18O. The first-order chi connectivity index (χ1) is 9.70. The Balaban J connectivity index is 1.93. The zero-order valence-corrected chi connectivity index (χ0v) is 11.7. The molecule has 1 aliphatic carbocycles. The number of ketones is 1. The number of Topliss-reactive ketones (excluding diaryl/α,β-unsaturated/α-hetero) is 1. The van der Waals surface area contributed by atoms with Crippen molar-refractivity contribution in [2.24, 2.45) is 0 Å². The summed E-state index contributed by atoms with van der Waals surface area (Å²) in [7, 11) is 0. The summed E-state index contributed by atoms with van der Waals surface area (Å²) in [5.74, 6) is 0.271. The molecule has 0 radical (unpaired) electrons. The molecule has 1 unspecified atom stereocenters. The van der Waals surface area contributed by atoms with E-state index in [-0.39, 0.29) is 11.2 Å². The van der Waals surface area contributed by atoms with Crippen molar-refractivity contribution >= 4 is 11.9 Å². The third kappa shape index (κ3) is 2.20. The summed E-state index contributed by atoms with van der Waals surface area (Å²) in [6.07, 6.45) is 3.80. The van der Waals surface area contributed by atoms with Crippen molar-refractivity contribution in [1.29, 1.82) is 0 Å². The van der Waals surface area contributed by atoms with Gasteiger partial charge in [-0.05, 0) is 42.5 Å². The minimum Gasteiger partial charge on any atom is -0.294 e. The smallest absolute Gasteiger partial charge is 0.169 e. The van der Waals surface area contributed by atoms with Gasteiger partial charge in [0.05, 0.1) is 5.41 Å². The molecular weight excluding hydrogens is 244 g/mol. The molecule has 0 aliphatic heterocycles. The van der Waals surface area contributed by atoms with Crippen LogP contribution >= 0.6 is 0 Å². The predicted octanol–water partition coefficient (Wildman–Crippen LogP) is 4.39. The minimum absolute atomic E-state index is 0.271. The minimum atomic E-state index is -0.359. The number of rotatable bonds is 2. The molecule has 2 aromatic rings. The van der Waals surface area contributed by atoms with Gasteiger partial charge in [0.2, 0.25) is 0 Å². The van der Waals surface area contributed by atoms with Crippen LogP contribution in [0.4, 0.5) is 0 Å². The maximum Gasteiger partial charge on any atom is 0.169 e. The number of hydrogen-bond donors (Lipinski definition) is 0. The highest BCUT2D eigenvalue weighted by molar-refractivity contribution is 6.08. The normalized spacial score (nSPS) is 24.2. The second-order valence-corrected chi connectivity index (χ2v) is 5.61. The third-order valence-corrected chi connectivity index (χ3v) is 4.24. The fourth-order valence-corrected chi connectivity index (χ4v) is 2.94. The lowest BCUT2D eigenvalue weighted by atomic mass is 9.80. The number of benzene rings is 2.